The molecule has 3 aromatic rings. The quantitative estimate of drug-likeness (QED) is 0.473. The molecule has 168 valence electrons. The van der Waals surface area contributed by atoms with E-state index in [1.807, 2.05) is 0 Å². The Morgan fingerprint density at radius 3 is 2.55 bits per heavy atom. The summed E-state index contributed by atoms with van der Waals surface area (Å²) >= 11 is 0. The van der Waals surface area contributed by atoms with Crippen LogP contribution < -0.4 is 10.1 Å². The lowest BCUT2D eigenvalue weighted by Gasteiger charge is -2.30. The second-order valence-corrected chi connectivity index (χ2v) is 8.43. The van der Waals surface area contributed by atoms with Gasteiger partial charge < -0.3 is 10.1 Å². The van der Waals surface area contributed by atoms with Crippen molar-refractivity contribution < 1.29 is 18.8 Å². The Morgan fingerprint density at radius 2 is 1.82 bits per heavy atom. The van der Waals surface area contributed by atoms with Gasteiger partial charge in [-0.15, -0.1) is 0 Å². The van der Waals surface area contributed by atoms with Gasteiger partial charge in [-0.2, -0.15) is 0 Å². The summed E-state index contributed by atoms with van der Waals surface area (Å²) in [4.78, 5) is 26.9. The molecule has 0 saturated carbocycles. The molecule has 3 atom stereocenters. The van der Waals surface area contributed by atoms with Crippen LogP contribution >= 0.6 is 0 Å². The highest BCUT2D eigenvalue weighted by atomic mass is 19.1. The van der Waals surface area contributed by atoms with Gasteiger partial charge in [-0.05, 0) is 36.9 Å². The molecule has 0 bridgehead atoms. The van der Waals surface area contributed by atoms with Crippen molar-refractivity contribution in [2.24, 2.45) is 0 Å². The minimum atomic E-state index is -1.37. The maximum absolute atomic E-state index is 13.8. The summed E-state index contributed by atoms with van der Waals surface area (Å²) in [6.45, 7) is 0.429. The Morgan fingerprint density at radius 1 is 1.12 bits per heavy atom. The van der Waals surface area contributed by atoms with Crippen molar-refractivity contribution in [3.8, 4) is 5.75 Å². The first-order valence-electron chi connectivity index (χ1n) is 10.6. The number of nitrogens with zero attached hydrogens (tertiary/aromatic N) is 2. The van der Waals surface area contributed by atoms with E-state index in [-0.39, 0.29) is 23.3 Å². The van der Waals surface area contributed by atoms with E-state index in [1.54, 1.807) is 78.7 Å². The van der Waals surface area contributed by atoms with Crippen LogP contribution in [0.3, 0.4) is 0 Å². The zero-order chi connectivity index (χ0) is 23.2. The number of carbonyl (C=O) groups excluding carboxylic acids is 1. The first-order valence-corrected chi connectivity index (χ1v) is 10.6. The molecule has 33 heavy (non-hydrogen) atoms. The fourth-order valence-corrected chi connectivity index (χ4v) is 5.17. The summed E-state index contributed by atoms with van der Waals surface area (Å²) in [6, 6.07) is 19.4. The van der Waals surface area contributed by atoms with Crippen LogP contribution in [0, 0.1) is 15.9 Å². The van der Waals surface area contributed by atoms with Gasteiger partial charge in [-0.25, -0.2) is 4.39 Å². The van der Waals surface area contributed by atoms with Crippen LogP contribution in [0.15, 0.2) is 72.8 Å². The molecular formula is C25H22FN3O4. The number of ether oxygens (including phenoxy) is 1. The largest absolute Gasteiger partial charge is 0.489 e. The van der Waals surface area contributed by atoms with Crippen LogP contribution in [-0.2, 0) is 16.9 Å². The number of nitrogens with one attached hydrogen (secondary N) is 1. The third-order valence-electron chi connectivity index (χ3n) is 6.70. The fourth-order valence-electron chi connectivity index (χ4n) is 5.17. The number of fused-ring (bicyclic) bond motifs is 2. The molecule has 2 aliphatic rings. The first kappa shape index (κ1) is 21.1. The monoisotopic (exact) mass is 447 g/mol. The van der Waals surface area contributed by atoms with Crippen LogP contribution in [0.1, 0.15) is 22.6 Å². The molecule has 0 aromatic heterocycles. The van der Waals surface area contributed by atoms with E-state index in [1.165, 1.54) is 6.07 Å². The Bertz CT molecular complexity index is 1230. The number of carbonyl (C=O) groups is 1. The van der Waals surface area contributed by atoms with Crippen molar-refractivity contribution in [3.63, 3.8) is 0 Å². The second-order valence-electron chi connectivity index (χ2n) is 8.43. The van der Waals surface area contributed by atoms with Crippen molar-refractivity contribution in [1.82, 2.24) is 4.90 Å². The predicted octanol–water partition coefficient (Wildman–Crippen LogP) is 3.93. The third-order valence-corrected chi connectivity index (χ3v) is 6.70. The van der Waals surface area contributed by atoms with Crippen LogP contribution in [0.4, 0.5) is 10.1 Å². The van der Waals surface area contributed by atoms with Crippen molar-refractivity contribution in [2.75, 3.05) is 18.9 Å². The highest BCUT2D eigenvalue weighted by Gasteiger charge is 2.68. The fraction of sp³-hybridized carbons (Fsp3) is 0.240. The van der Waals surface area contributed by atoms with Gasteiger partial charge in [0.2, 0.25) is 0 Å². The summed E-state index contributed by atoms with van der Waals surface area (Å²) in [7, 11) is 1.75. The number of rotatable bonds is 5. The molecule has 1 saturated heterocycles. The standard InChI is InChI=1S/C25H22FN3O4/c1-28-14-19(16-10-12-18(13-11-16)33-15-17-6-2-4-8-21(17)26)23(29(31)32)25(28)20-7-3-5-9-22(20)27-24(25)30/h2-13,19,23H,14-15H2,1H3,(H,27,30)/t19-,23+,25-/m1/s1. The van der Waals surface area contributed by atoms with Gasteiger partial charge in [0.25, 0.3) is 11.9 Å². The highest BCUT2D eigenvalue weighted by Crippen LogP contribution is 2.51. The van der Waals surface area contributed by atoms with Crippen LogP contribution in [0.25, 0.3) is 0 Å². The van der Waals surface area contributed by atoms with Gasteiger partial charge in [0, 0.05) is 28.3 Å². The molecule has 1 spiro atoms. The Balaban J connectivity index is 1.43. The summed E-state index contributed by atoms with van der Waals surface area (Å²) < 4.78 is 19.5. The smallest absolute Gasteiger partial charge is 0.256 e. The summed E-state index contributed by atoms with van der Waals surface area (Å²) in [5.74, 6) is -0.676. The summed E-state index contributed by atoms with van der Waals surface area (Å²) in [6.07, 6.45) is 0. The molecule has 7 nitrogen and oxygen atoms in total. The van der Waals surface area contributed by atoms with E-state index in [2.05, 4.69) is 5.32 Å². The van der Waals surface area contributed by atoms with E-state index < -0.39 is 17.5 Å². The van der Waals surface area contributed by atoms with Crippen LogP contribution in [-0.4, -0.2) is 35.4 Å². The summed E-state index contributed by atoms with van der Waals surface area (Å²) in [5.41, 5.74) is 1.06. The molecule has 0 aliphatic carbocycles. The number of halogens is 1. The van der Waals surface area contributed by atoms with Crippen molar-refractivity contribution in [1.29, 1.82) is 0 Å². The minimum absolute atomic E-state index is 0.0791. The van der Waals surface area contributed by atoms with Gasteiger partial charge >= 0.3 is 0 Å². The average Bonchev–Trinajstić information content (AvgIpc) is 3.29. The number of amides is 1. The van der Waals surface area contributed by atoms with Gasteiger partial charge in [0.05, 0.1) is 5.92 Å². The van der Waals surface area contributed by atoms with Gasteiger partial charge in [-0.1, -0.05) is 48.5 Å². The van der Waals surface area contributed by atoms with Gasteiger partial charge in [0.15, 0.2) is 5.54 Å². The van der Waals surface area contributed by atoms with Gasteiger partial charge in [0.1, 0.15) is 18.2 Å². The van der Waals surface area contributed by atoms with Crippen molar-refractivity contribution in [2.45, 2.75) is 24.1 Å². The third kappa shape index (κ3) is 3.25. The minimum Gasteiger partial charge on any atom is -0.489 e. The summed E-state index contributed by atoms with van der Waals surface area (Å²) in [5, 5.41) is 15.2. The maximum Gasteiger partial charge on any atom is 0.256 e. The molecule has 1 fully saturated rings. The first-order chi connectivity index (χ1) is 15.9. The number of hydrogen-bond donors (Lipinski definition) is 1. The Hall–Kier alpha value is -3.78. The SMILES string of the molecule is CN1C[C@H](c2ccc(OCc3ccccc3F)cc2)[C@H]([N+](=O)[O-])[C@]12C(=O)Nc1ccccc12. The van der Waals surface area contributed by atoms with Crippen molar-refractivity contribution in [3.05, 3.63) is 105 Å². The molecule has 1 N–H and O–H groups in total. The van der Waals surface area contributed by atoms with Gasteiger partial charge in [-0.3, -0.25) is 19.8 Å². The lowest BCUT2D eigenvalue weighted by molar-refractivity contribution is -0.534. The predicted molar refractivity (Wildman–Crippen MR) is 120 cm³/mol. The highest BCUT2D eigenvalue weighted by molar-refractivity contribution is 6.06. The zero-order valence-electron chi connectivity index (χ0n) is 17.9. The number of likely N-dealkylation sites (tertiary alicyclic amines) is 1. The number of anilines is 1. The van der Waals surface area contributed by atoms with E-state index >= 15 is 0 Å². The number of hydrogen-bond acceptors (Lipinski definition) is 5. The normalized spacial score (nSPS) is 24.0. The molecule has 0 radical (unpaired) electrons. The second kappa shape index (κ2) is 7.97. The van der Waals surface area contributed by atoms with Crippen molar-refractivity contribution >= 4 is 11.6 Å². The topological polar surface area (TPSA) is 84.7 Å². The van der Waals surface area contributed by atoms with E-state index in [4.69, 9.17) is 4.74 Å². The molecule has 5 rings (SSSR count). The Kier molecular flexibility index (Phi) is 5.09. The lowest BCUT2D eigenvalue weighted by Crippen LogP contribution is -2.54. The average molecular weight is 447 g/mol. The van der Waals surface area contributed by atoms with E-state index in [0.29, 0.717) is 29.1 Å². The van der Waals surface area contributed by atoms with E-state index in [0.717, 1.165) is 5.56 Å². The van der Waals surface area contributed by atoms with E-state index in [9.17, 15) is 19.3 Å². The number of likely N-dealkylation sites (N-methyl/N-ethyl adjacent to an activating group) is 1. The zero-order valence-corrected chi connectivity index (χ0v) is 17.9. The molecule has 1 amide bonds. The molecule has 0 unspecified atom stereocenters. The Labute approximate surface area is 189 Å². The number of nitro groups is 1. The van der Waals surface area contributed by atoms with Crippen LogP contribution in [0.5, 0.6) is 5.75 Å². The molecule has 2 heterocycles. The molecule has 8 heteroatoms. The number of para-hydroxylation sites is 1. The van der Waals surface area contributed by atoms with Crippen LogP contribution in [0.2, 0.25) is 0 Å². The molecular weight excluding hydrogens is 425 g/mol. The maximum atomic E-state index is 13.8. The molecule has 2 aliphatic heterocycles. The lowest BCUT2D eigenvalue weighted by atomic mass is 9.79. The molecule has 3 aromatic carbocycles. The number of benzene rings is 3.